The molecule has 6 rings (SSSR count). The van der Waals surface area contributed by atoms with Gasteiger partial charge in [-0.25, -0.2) is 14.2 Å². The first-order valence-electron chi connectivity index (χ1n) is 13.8. The highest BCUT2D eigenvalue weighted by molar-refractivity contribution is 5.89. The van der Waals surface area contributed by atoms with Gasteiger partial charge in [-0.1, -0.05) is 24.3 Å². The number of nitrogens with zero attached hydrogens (tertiary/aromatic N) is 3. The largest absolute Gasteiger partial charge is 0.345 e. The molecule has 0 radical (unpaired) electrons. The molecule has 37 heavy (non-hydrogen) atoms. The smallest absolute Gasteiger partial charge is 0.322 e. The minimum Gasteiger partial charge on any atom is -0.345 e. The Kier molecular flexibility index (Phi) is 6.72. The summed E-state index contributed by atoms with van der Waals surface area (Å²) in [5.41, 5.74) is 3.26. The van der Waals surface area contributed by atoms with Crippen molar-refractivity contribution in [2.45, 2.75) is 56.4 Å². The predicted octanol–water partition coefficient (Wildman–Crippen LogP) is 6.05. The van der Waals surface area contributed by atoms with E-state index in [1.807, 2.05) is 11.1 Å². The minimum atomic E-state index is -0.337. The highest BCUT2D eigenvalue weighted by atomic mass is 19.1. The van der Waals surface area contributed by atoms with E-state index >= 15 is 0 Å². The molecule has 2 aliphatic carbocycles. The second-order valence-corrected chi connectivity index (χ2v) is 11.0. The van der Waals surface area contributed by atoms with Gasteiger partial charge in [-0.15, -0.1) is 0 Å². The van der Waals surface area contributed by atoms with Crippen LogP contribution >= 0.6 is 0 Å². The number of halogens is 1. The summed E-state index contributed by atoms with van der Waals surface area (Å²) in [7, 11) is 0. The molecule has 6 nitrogen and oxygen atoms in total. The van der Waals surface area contributed by atoms with Gasteiger partial charge in [0, 0.05) is 36.2 Å². The van der Waals surface area contributed by atoms with Gasteiger partial charge in [0.2, 0.25) is 0 Å². The normalized spacial score (nSPS) is 25.0. The van der Waals surface area contributed by atoms with Crippen LogP contribution in [0.25, 0.3) is 11.4 Å². The number of carbonyl (C=O) groups is 1. The molecule has 2 saturated carbocycles. The van der Waals surface area contributed by atoms with Gasteiger partial charge in [0.05, 0.1) is 0 Å². The lowest BCUT2D eigenvalue weighted by Crippen LogP contribution is -2.46. The third kappa shape index (κ3) is 5.14. The Hall–Kier alpha value is -3.19. The summed E-state index contributed by atoms with van der Waals surface area (Å²) in [5.74, 6) is 1.15. The van der Waals surface area contributed by atoms with Gasteiger partial charge in [-0.3, -0.25) is 0 Å². The molecule has 3 aliphatic rings. The van der Waals surface area contributed by atoms with Crippen LogP contribution in [-0.2, 0) is 5.41 Å². The zero-order valence-electron chi connectivity index (χ0n) is 21.3. The monoisotopic (exact) mass is 501 g/mol. The molecule has 194 valence electrons. The van der Waals surface area contributed by atoms with E-state index in [-0.39, 0.29) is 23.3 Å². The molecule has 1 aliphatic heterocycles. The average molecular weight is 502 g/mol. The standard InChI is InChI=1S/C30H36FN5O/c31-25-8-4-9-26(20-25)34-29(37)36(17-5-16-35-14-1-2-15-35)27-10-11-30(21-24(30)19-27)23-7-3-6-22(18-23)28-32-12-13-33-28/h3-4,6-9,12-13,18,20,24,27H,1-2,5,10-11,14-17,19,21H2,(H,32,33)(H,34,37)/t24?,27-,30-/m1/s1. The van der Waals surface area contributed by atoms with E-state index in [1.165, 1.54) is 50.0 Å². The van der Waals surface area contributed by atoms with E-state index in [2.05, 4.69) is 44.5 Å². The summed E-state index contributed by atoms with van der Waals surface area (Å²) in [4.78, 5) is 25.7. The van der Waals surface area contributed by atoms with E-state index in [0.717, 1.165) is 50.2 Å². The Morgan fingerprint density at radius 2 is 2.05 bits per heavy atom. The number of carbonyl (C=O) groups excluding carboxylic acids is 1. The highest BCUT2D eigenvalue weighted by Gasteiger charge is 2.58. The quantitative estimate of drug-likeness (QED) is 0.395. The number of amides is 2. The number of urea groups is 1. The zero-order chi connectivity index (χ0) is 25.2. The molecule has 1 saturated heterocycles. The Morgan fingerprint density at radius 3 is 2.84 bits per heavy atom. The average Bonchev–Trinajstić information content (AvgIpc) is 3.24. The number of aromatic amines is 1. The molecule has 2 heterocycles. The van der Waals surface area contributed by atoms with E-state index < -0.39 is 0 Å². The molecule has 0 spiro atoms. The summed E-state index contributed by atoms with van der Waals surface area (Å²) in [6, 6.07) is 15.1. The molecule has 3 fully saturated rings. The lowest BCUT2D eigenvalue weighted by Gasteiger charge is -2.37. The van der Waals surface area contributed by atoms with Gasteiger partial charge < -0.3 is 20.1 Å². The van der Waals surface area contributed by atoms with Gasteiger partial charge in [-0.05, 0) is 106 Å². The molecule has 3 atom stereocenters. The van der Waals surface area contributed by atoms with E-state index in [0.29, 0.717) is 11.6 Å². The van der Waals surface area contributed by atoms with Crippen LogP contribution in [0.2, 0.25) is 0 Å². The molecule has 3 aromatic rings. The number of aromatic nitrogens is 2. The van der Waals surface area contributed by atoms with Crippen LogP contribution in [0.1, 0.15) is 50.5 Å². The first kappa shape index (κ1) is 24.2. The summed E-state index contributed by atoms with van der Waals surface area (Å²) in [6.45, 7) is 4.10. The Bertz CT molecular complexity index is 1220. The number of hydrogen-bond acceptors (Lipinski definition) is 3. The first-order valence-corrected chi connectivity index (χ1v) is 13.8. The number of anilines is 1. The maximum Gasteiger partial charge on any atom is 0.322 e. The molecule has 2 N–H and O–H groups in total. The van der Waals surface area contributed by atoms with E-state index in [9.17, 15) is 9.18 Å². The van der Waals surface area contributed by atoms with Gasteiger partial charge in [0.15, 0.2) is 0 Å². The van der Waals surface area contributed by atoms with Crippen LogP contribution < -0.4 is 5.32 Å². The lowest BCUT2D eigenvalue weighted by molar-refractivity contribution is 0.156. The predicted molar refractivity (Wildman–Crippen MR) is 144 cm³/mol. The van der Waals surface area contributed by atoms with Crippen molar-refractivity contribution in [3.63, 3.8) is 0 Å². The Labute approximate surface area is 218 Å². The van der Waals surface area contributed by atoms with Crippen LogP contribution in [0.5, 0.6) is 0 Å². The first-order chi connectivity index (χ1) is 18.1. The van der Waals surface area contributed by atoms with Crippen LogP contribution in [-0.4, -0.2) is 58.0 Å². The molecular weight excluding hydrogens is 465 g/mol. The van der Waals surface area contributed by atoms with Gasteiger partial charge in [-0.2, -0.15) is 0 Å². The fraction of sp³-hybridized carbons (Fsp3) is 0.467. The van der Waals surface area contributed by atoms with Crippen molar-refractivity contribution in [3.8, 4) is 11.4 Å². The number of fused-ring (bicyclic) bond motifs is 1. The maximum absolute atomic E-state index is 13.8. The van der Waals surface area contributed by atoms with E-state index in [1.54, 1.807) is 18.3 Å². The SMILES string of the molecule is O=C(Nc1cccc(F)c1)N(CCCN1CCCC1)[C@@H]1CC[C@]2(c3cccc(-c4ncc[nH]4)c3)CC2C1. The molecule has 1 unspecified atom stereocenters. The lowest BCUT2D eigenvalue weighted by atomic mass is 9.80. The molecule has 2 aromatic carbocycles. The van der Waals surface area contributed by atoms with Crippen molar-refractivity contribution in [1.29, 1.82) is 0 Å². The van der Waals surface area contributed by atoms with Crippen molar-refractivity contribution >= 4 is 11.7 Å². The fourth-order valence-electron chi connectivity index (χ4n) is 6.73. The van der Waals surface area contributed by atoms with Crippen LogP contribution in [0.3, 0.4) is 0 Å². The van der Waals surface area contributed by atoms with Crippen molar-refractivity contribution < 1.29 is 9.18 Å². The van der Waals surface area contributed by atoms with E-state index in [4.69, 9.17) is 0 Å². The summed E-state index contributed by atoms with van der Waals surface area (Å²) < 4.78 is 13.8. The van der Waals surface area contributed by atoms with Crippen LogP contribution in [0.15, 0.2) is 60.9 Å². The molecule has 7 heteroatoms. The van der Waals surface area contributed by atoms with Crippen molar-refractivity contribution in [3.05, 3.63) is 72.3 Å². The highest BCUT2D eigenvalue weighted by Crippen LogP contribution is 2.63. The number of rotatable bonds is 8. The number of likely N-dealkylation sites (tertiary alicyclic amines) is 1. The second-order valence-electron chi connectivity index (χ2n) is 11.0. The topological polar surface area (TPSA) is 64.3 Å². The van der Waals surface area contributed by atoms with Crippen molar-refractivity contribution in [2.24, 2.45) is 5.92 Å². The van der Waals surface area contributed by atoms with Gasteiger partial charge in [0.1, 0.15) is 11.6 Å². The number of nitrogens with one attached hydrogen (secondary N) is 2. The molecular formula is C30H36FN5O. The molecule has 1 aromatic heterocycles. The minimum absolute atomic E-state index is 0.106. The summed E-state index contributed by atoms with van der Waals surface area (Å²) in [5, 5.41) is 2.97. The van der Waals surface area contributed by atoms with Crippen LogP contribution in [0.4, 0.5) is 14.9 Å². The zero-order valence-corrected chi connectivity index (χ0v) is 21.3. The Morgan fingerprint density at radius 1 is 1.19 bits per heavy atom. The maximum atomic E-state index is 13.8. The van der Waals surface area contributed by atoms with Crippen LogP contribution in [0, 0.1) is 11.7 Å². The third-order valence-corrected chi connectivity index (χ3v) is 8.77. The van der Waals surface area contributed by atoms with Gasteiger partial charge in [0.25, 0.3) is 0 Å². The molecule has 2 amide bonds. The third-order valence-electron chi connectivity index (χ3n) is 8.77. The van der Waals surface area contributed by atoms with Gasteiger partial charge >= 0.3 is 6.03 Å². The summed E-state index contributed by atoms with van der Waals surface area (Å²) in [6.07, 6.45) is 11.4. The molecule has 0 bridgehead atoms. The number of hydrogen-bond donors (Lipinski definition) is 2. The number of imidazole rings is 1. The summed E-state index contributed by atoms with van der Waals surface area (Å²) >= 11 is 0. The second kappa shape index (κ2) is 10.3. The van der Waals surface area contributed by atoms with Crippen molar-refractivity contribution in [2.75, 3.05) is 31.5 Å². The number of benzene rings is 2. The van der Waals surface area contributed by atoms with Crippen molar-refractivity contribution in [1.82, 2.24) is 19.8 Å². The fourth-order valence-corrected chi connectivity index (χ4v) is 6.73. The number of H-pyrrole nitrogens is 1. The Balaban J connectivity index is 1.15.